The number of carbonyl (C=O) groups is 1. The number of nitrogens with zero attached hydrogens (tertiary/aromatic N) is 1. The lowest BCUT2D eigenvalue weighted by Gasteiger charge is -2.10. The first-order valence-electron chi connectivity index (χ1n) is 9.43. The summed E-state index contributed by atoms with van der Waals surface area (Å²) in [6, 6.07) is 22.1. The zero-order valence-corrected chi connectivity index (χ0v) is 17.0. The first kappa shape index (κ1) is 19.6. The van der Waals surface area contributed by atoms with E-state index in [-0.39, 0.29) is 11.0 Å². The predicted octanol–water partition coefficient (Wildman–Crippen LogP) is 5.02. The van der Waals surface area contributed by atoms with E-state index >= 15 is 0 Å². The number of ether oxygens (including phenoxy) is 1. The Kier molecular flexibility index (Phi) is 5.72. The van der Waals surface area contributed by atoms with E-state index in [0.29, 0.717) is 40.6 Å². The van der Waals surface area contributed by atoms with Gasteiger partial charge in [0.15, 0.2) is 10.7 Å². The van der Waals surface area contributed by atoms with Crippen LogP contribution in [-0.2, 0) is 0 Å². The van der Waals surface area contributed by atoms with Crippen molar-refractivity contribution in [1.29, 1.82) is 0 Å². The van der Waals surface area contributed by atoms with E-state index in [1.807, 2.05) is 55.5 Å². The minimum absolute atomic E-state index is 0.188. The zero-order valence-electron chi connectivity index (χ0n) is 16.2. The molecule has 1 heterocycles. The number of nitrogens with one attached hydrogen (secondary N) is 2. The van der Waals surface area contributed by atoms with E-state index in [0.717, 1.165) is 5.56 Å². The van der Waals surface area contributed by atoms with Gasteiger partial charge < -0.3 is 14.5 Å². The molecule has 1 amide bonds. The molecule has 0 atom stereocenters. The molecule has 0 spiro atoms. The third-order valence-electron chi connectivity index (χ3n) is 4.30. The van der Waals surface area contributed by atoms with Crippen LogP contribution in [-0.4, -0.2) is 22.6 Å². The highest BCUT2D eigenvalue weighted by Crippen LogP contribution is 2.26. The van der Waals surface area contributed by atoms with E-state index in [1.54, 1.807) is 24.3 Å². The Morgan fingerprint density at radius 1 is 1.07 bits per heavy atom. The monoisotopic (exact) mass is 417 g/mol. The van der Waals surface area contributed by atoms with Crippen LogP contribution in [0.25, 0.3) is 22.6 Å². The Hall–Kier alpha value is -3.71. The van der Waals surface area contributed by atoms with Gasteiger partial charge in [-0.1, -0.05) is 24.3 Å². The van der Waals surface area contributed by atoms with E-state index in [1.165, 1.54) is 0 Å². The highest BCUT2D eigenvalue weighted by molar-refractivity contribution is 7.80. The number of fused-ring (bicyclic) bond motifs is 1. The quantitative estimate of drug-likeness (QED) is 0.444. The first-order valence-corrected chi connectivity index (χ1v) is 9.84. The van der Waals surface area contributed by atoms with Gasteiger partial charge in [0.25, 0.3) is 5.91 Å². The topological polar surface area (TPSA) is 76.4 Å². The number of anilines is 1. The number of carbonyl (C=O) groups excluding carboxylic acids is 1. The molecule has 0 radical (unpaired) electrons. The van der Waals surface area contributed by atoms with Crippen molar-refractivity contribution >= 4 is 40.0 Å². The molecule has 150 valence electrons. The van der Waals surface area contributed by atoms with Crippen LogP contribution >= 0.6 is 12.2 Å². The molecule has 4 aromatic rings. The largest absolute Gasteiger partial charge is 0.494 e. The number of amides is 1. The van der Waals surface area contributed by atoms with Crippen molar-refractivity contribution in [1.82, 2.24) is 10.3 Å². The number of hydrogen-bond donors (Lipinski definition) is 2. The van der Waals surface area contributed by atoms with Crippen LogP contribution in [0.15, 0.2) is 77.2 Å². The van der Waals surface area contributed by atoms with Crippen LogP contribution in [0.4, 0.5) is 5.69 Å². The Labute approximate surface area is 178 Å². The van der Waals surface area contributed by atoms with Gasteiger partial charge in [0.1, 0.15) is 11.3 Å². The fraction of sp³-hybridized carbons (Fsp3) is 0.0870. The second-order valence-electron chi connectivity index (χ2n) is 6.44. The molecule has 0 fully saturated rings. The molecule has 0 aliphatic carbocycles. The minimum atomic E-state index is -0.317. The Bertz CT molecular complexity index is 1200. The SMILES string of the molecule is CCOc1cccc(C(=O)NC(=S)Nc2ccc3oc(-c4ccccc4)nc3c2)c1. The van der Waals surface area contributed by atoms with Crippen molar-refractivity contribution in [3.8, 4) is 17.2 Å². The Balaban J connectivity index is 1.45. The summed E-state index contributed by atoms with van der Waals surface area (Å²) in [6.07, 6.45) is 0. The molecule has 1 aromatic heterocycles. The highest BCUT2D eigenvalue weighted by atomic mass is 32.1. The standard InChI is InChI=1S/C23H19N3O3S/c1-2-28-18-10-6-9-16(13-18)21(27)26-23(30)24-17-11-12-20-19(14-17)25-22(29-20)15-7-4-3-5-8-15/h3-14H,2H2,1H3,(H2,24,26,27,30). The van der Waals surface area contributed by atoms with Crippen molar-refractivity contribution in [3.05, 3.63) is 78.4 Å². The molecule has 0 saturated carbocycles. The fourth-order valence-electron chi connectivity index (χ4n) is 2.94. The van der Waals surface area contributed by atoms with Gasteiger partial charge in [-0.25, -0.2) is 4.98 Å². The molecule has 3 aromatic carbocycles. The van der Waals surface area contributed by atoms with E-state index in [9.17, 15) is 4.79 Å². The van der Waals surface area contributed by atoms with Crippen LogP contribution < -0.4 is 15.4 Å². The molecule has 0 saturated heterocycles. The number of thiocarbonyl (C=S) groups is 1. The lowest BCUT2D eigenvalue weighted by Crippen LogP contribution is -2.34. The maximum Gasteiger partial charge on any atom is 0.257 e. The lowest BCUT2D eigenvalue weighted by molar-refractivity contribution is 0.0977. The minimum Gasteiger partial charge on any atom is -0.494 e. The number of rotatable bonds is 5. The predicted molar refractivity (Wildman–Crippen MR) is 121 cm³/mol. The highest BCUT2D eigenvalue weighted by Gasteiger charge is 2.11. The molecule has 0 aliphatic heterocycles. The first-order chi connectivity index (χ1) is 14.6. The third-order valence-corrected chi connectivity index (χ3v) is 4.50. The average molecular weight is 417 g/mol. The van der Waals surface area contributed by atoms with Gasteiger partial charge in [-0.3, -0.25) is 10.1 Å². The normalized spacial score (nSPS) is 10.6. The smallest absolute Gasteiger partial charge is 0.257 e. The van der Waals surface area contributed by atoms with Crippen LogP contribution in [0.1, 0.15) is 17.3 Å². The third kappa shape index (κ3) is 4.47. The molecule has 0 bridgehead atoms. The van der Waals surface area contributed by atoms with E-state index in [4.69, 9.17) is 21.4 Å². The van der Waals surface area contributed by atoms with Crippen molar-refractivity contribution in [2.24, 2.45) is 0 Å². The summed E-state index contributed by atoms with van der Waals surface area (Å²) < 4.78 is 11.2. The van der Waals surface area contributed by atoms with Gasteiger partial charge in [-0.15, -0.1) is 0 Å². The van der Waals surface area contributed by atoms with Gasteiger partial charge in [0.05, 0.1) is 6.61 Å². The maximum absolute atomic E-state index is 12.5. The van der Waals surface area contributed by atoms with Crippen LogP contribution in [0.3, 0.4) is 0 Å². The van der Waals surface area contributed by atoms with Crippen LogP contribution in [0.5, 0.6) is 5.75 Å². The Morgan fingerprint density at radius 2 is 1.90 bits per heavy atom. The van der Waals surface area contributed by atoms with Gasteiger partial charge in [-0.2, -0.15) is 0 Å². The summed E-state index contributed by atoms with van der Waals surface area (Å²) >= 11 is 5.28. The van der Waals surface area contributed by atoms with Gasteiger partial charge >= 0.3 is 0 Å². The maximum atomic E-state index is 12.5. The second-order valence-corrected chi connectivity index (χ2v) is 6.84. The summed E-state index contributed by atoms with van der Waals surface area (Å²) in [7, 11) is 0. The van der Waals surface area contributed by atoms with Crippen molar-refractivity contribution < 1.29 is 13.9 Å². The summed E-state index contributed by atoms with van der Waals surface area (Å²) in [5.41, 5.74) is 3.42. The van der Waals surface area contributed by atoms with Crippen LogP contribution in [0.2, 0.25) is 0 Å². The molecule has 2 N–H and O–H groups in total. The summed E-state index contributed by atoms with van der Waals surface area (Å²) in [4.78, 5) is 17.0. The zero-order chi connectivity index (χ0) is 20.9. The number of benzene rings is 3. The number of aromatic nitrogens is 1. The molecular formula is C23H19N3O3S. The molecule has 4 rings (SSSR count). The molecule has 0 unspecified atom stereocenters. The summed E-state index contributed by atoms with van der Waals surface area (Å²) in [5.74, 6) is 0.866. The number of oxazole rings is 1. The molecule has 7 heteroatoms. The van der Waals surface area contributed by atoms with Gasteiger partial charge in [0.2, 0.25) is 5.89 Å². The lowest BCUT2D eigenvalue weighted by atomic mass is 10.2. The van der Waals surface area contributed by atoms with Crippen molar-refractivity contribution in [2.75, 3.05) is 11.9 Å². The molecule has 6 nitrogen and oxygen atoms in total. The molecule has 0 aliphatic rings. The Morgan fingerprint density at radius 3 is 2.70 bits per heavy atom. The summed E-state index contributed by atoms with van der Waals surface area (Å²) in [5, 5.41) is 5.87. The van der Waals surface area contributed by atoms with Crippen molar-refractivity contribution in [3.63, 3.8) is 0 Å². The summed E-state index contributed by atoms with van der Waals surface area (Å²) in [6.45, 7) is 2.42. The molecule has 30 heavy (non-hydrogen) atoms. The van der Waals surface area contributed by atoms with Crippen molar-refractivity contribution in [2.45, 2.75) is 6.92 Å². The van der Waals surface area contributed by atoms with Gasteiger partial charge in [-0.05, 0) is 67.7 Å². The average Bonchev–Trinajstić information content (AvgIpc) is 3.18. The van der Waals surface area contributed by atoms with Crippen LogP contribution in [0, 0.1) is 0 Å². The van der Waals surface area contributed by atoms with Gasteiger partial charge in [0, 0.05) is 16.8 Å². The fourth-order valence-corrected chi connectivity index (χ4v) is 3.15. The number of hydrogen-bond acceptors (Lipinski definition) is 5. The molecular weight excluding hydrogens is 398 g/mol. The van der Waals surface area contributed by atoms with E-state index in [2.05, 4.69) is 15.6 Å². The van der Waals surface area contributed by atoms with E-state index < -0.39 is 0 Å². The second kappa shape index (κ2) is 8.75.